The molecule has 0 unspecified atom stereocenters. The minimum Gasteiger partial charge on any atom is -0.493 e. The Morgan fingerprint density at radius 3 is 2.00 bits per heavy atom. The molecule has 2 aromatic carbocycles. The van der Waals surface area contributed by atoms with Crippen LogP contribution in [0.25, 0.3) is 0 Å². The molecule has 146 valence electrons. The van der Waals surface area contributed by atoms with Crippen LogP contribution in [0.4, 0.5) is 10.5 Å². The van der Waals surface area contributed by atoms with E-state index in [0.29, 0.717) is 36.1 Å². The summed E-state index contributed by atoms with van der Waals surface area (Å²) >= 11 is 0. The molecular weight excluding hydrogens is 348 g/mol. The molecule has 0 aliphatic carbocycles. The van der Waals surface area contributed by atoms with Crippen molar-refractivity contribution in [3.63, 3.8) is 0 Å². The van der Waals surface area contributed by atoms with Gasteiger partial charge < -0.3 is 29.6 Å². The van der Waals surface area contributed by atoms with Crippen LogP contribution in [0, 0.1) is 13.8 Å². The van der Waals surface area contributed by atoms with Crippen LogP contribution in [0.1, 0.15) is 11.1 Å². The van der Waals surface area contributed by atoms with Crippen molar-refractivity contribution in [2.45, 2.75) is 13.8 Å². The van der Waals surface area contributed by atoms with Gasteiger partial charge in [0.1, 0.15) is 12.4 Å². The first-order valence-corrected chi connectivity index (χ1v) is 8.52. The Bertz CT molecular complexity index is 747. The number of anilines is 1. The molecule has 0 atom stereocenters. The van der Waals surface area contributed by atoms with Gasteiger partial charge in [0.05, 0.1) is 33.6 Å². The summed E-state index contributed by atoms with van der Waals surface area (Å²) in [6, 6.07) is 8.97. The van der Waals surface area contributed by atoms with Gasteiger partial charge in [0.15, 0.2) is 11.5 Å². The number of urea groups is 1. The highest BCUT2D eigenvalue weighted by molar-refractivity contribution is 5.90. The second kappa shape index (κ2) is 9.56. The van der Waals surface area contributed by atoms with Crippen LogP contribution in [-0.4, -0.2) is 40.5 Å². The molecule has 0 spiro atoms. The standard InChI is InChI=1S/C20H26N2O5/c1-13-8-14(2)10-16(9-13)27-7-6-21-20(23)22-15-11-17(24-3)19(26-5)18(12-15)25-4/h8-12H,6-7H2,1-5H3,(H2,21,22,23). The molecule has 0 aromatic heterocycles. The molecule has 0 aliphatic heterocycles. The van der Waals surface area contributed by atoms with Crippen molar-refractivity contribution in [2.75, 3.05) is 39.8 Å². The van der Waals surface area contributed by atoms with E-state index in [1.165, 1.54) is 21.3 Å². The zero-order valence-corrected chi connectivity index (χ0v) is 16.3. The van der Waals surface area contributed by atoms with Gasteiger partial charge in [0.25, 0.3) is 0 Å². The van der Waals surface area contributed by atoms with Crippen molar-refractivity contribution in [1.29, 1.82) is 0 Å². The van der Waals surface area contributed by atoms with Crippen molar-refractivity contribution in [1.82, 2.24) is 5.32 Å². The highest BCUT2D eigenvalue weighted by Crippen LogP contribution is 2.39. The van der Waals surface area contributed by atoms with E-state index in [2.05, 4.69) is 16.7 Å². The van der Waals surface area contributed by atoms with Crippen LogP contribution in [0.5, 0.6) is 23.0 Å². The van der Waals surface area contributed by atoms with Crippen molar-refractivity contribution >= 4 is 11.7 Å². The molecule has 0 bridgehead atoms. The number of hydrogen-bond donors (Lipinski definition) is 2. The predicted molar refractivity (Wildman–Crippen MR) is 105 cm³/mol. The Morgan fingerprint density at radius 1 is 0.889 bits per heavy atom. The largest absolute Gasteiger partial charge is 0.493 e. The van der Waals surface area contributed by atoms with Crippen LogP contribution >= 0.6 is 0 Å². The zero-order valence-electron chi connectivity index (χ0n) is 16.3. The van der Waals surface area contributed by atoms with Crippen molar-refractivity contribution in [3.05, 3.63) is 41.5 Å². The lowest BCUT2D eigenvalue weighted by Crippen LogP contribution is -2.32. The van der Waals surface area contributed by atoms with Gasteiger partial charge >= 0.3 is 6.03 Å². The molecule has 2 N–H and O–H groups in total. The zero-order chi connectivity index (χ0) is 19.8. The average Bonchev–Trinajstić information content (AvgIpc) is 2.63. The number of benzene rings is 2. The van der Waals surface area contributed by atoms with Gasteiger partial charge in [-0.05, 0) is 37.1 Å². The predicted octanol–water partition coefficient (Wildman–Crippen LogP) is 3.53. The van der Waals surface area contributed by atoms with Gasteiger partial charge in [-0.1, -0.05) is 6.07 Å². The normalized spacial score (nSPS) is 10.1. The fraction of sp³-hybridized carbons (Fsp3) is 0.350. The fourth-order valence-corrected chi connectivity index (χ4v) is 2.68. The quantitative estimate of drug-likeness (QED) is 0.691. The molecule has 2 rings (SSSR count). The molecule has 0 saturated heterocycles. The molecule has 0 radical (unpaired) electrons. The molecule has 27 heavy (non-hydrogen) atoms. The van der Waals surface area contributed by atoms with Crippen molar-refractivity contribution in [2.24, 2.45) is 0 Å². The molecule has 7 nitrogen and oxygen atoms in total. The van der Waals surface area contributed by atoms with Crippen LogP contribution in [0.2, 0.25) is 0 Å². The third kappa shape index (κ3) is 5.70. The maximum absolute atomic E-state index is 12.1. The van der Waals surface area contributed by atoms with Crippen molar-refractivity contribution < 1.29 is 23.7 Å². The number of amides is 2. The van der Waals surface area contributed by atoms with E-state index in [0.717, 1.165) is 16.9 Å². The highest BCUT2D eigenvalue weighted by Gasteiger charge is 2.14. The second-order valence-corrected chi connectivity index (χ2v) is 5.97. The van der Waals surface area contributed by atoms with Crippen LogP contribution in [0.3, 0.4) is 0 Å². The number of ether oxygens (including phenoxy) is 4. The highest BCUT2D eigenvalue weighted by atomic mass is 16.5. The molecule has 0 fully saturated rings. The van der Waals surface area contributed by atoms with E-state index in [4.69, 9.17) is 18.9 Å². The van der Waals surface area contributed by atoms with Crippen LogP contribution in [-0.2, 0) is 0 Å². The lowest BCUT2D eigenvalue weighted by molar-refractivity contribution is 0.247. The van der Waals surface area contributed by atoms with E-state index in [1.54, 1.807) is 12.1 Å². The topological polar surface area (TPSA) is 78.1 Å². The van der Waals surface area contributed by atoms with Gasteiger partial charge in [-0.3, -0.25) is 0 Å². The molecule has 2 aromatic rings. The lowest BCUT2D eigenvalue weighted by atomic mass is 10.1. The smallest absolute Gasteiger partial charge is 0.319 e. The number of carbonyl (C=O) groups is 1. The number of methoxy groups -OCH3 is 3. The number of rotatable bonds is 8. The Morgan fingerprint density at radius 2 is 1.48 bits per heavy atom. The first-order valence-electron chi connectivity index (χ1n) is 8.52. The van der Waals surface area contributed by atoms with Gasteiger partial charge in [-0.25, -0.2) is 4.79 Å². The first-order chi connectivity index (χ1) is 13.0. The van der Waals surface area contributed by atoms with Gasteiger partial charge in [-0.15, -0.1) is 0 Å². The summed E-state index contributed by atoms with van der Waals surface area (Å²) < 4.78 is 21.5. The second-order valence-electron chi connectivity index (χ2n) is 5.97. The van der Waals surface area contributed by atoms with Crippen LogP contribution < -0.4 is 29.6 Å². The Balaban J connectivity index is 1.88. The summed E-state index contributed by atoms with van der Waals surface area (Å²) in [5.74, 6) is 2.18. The Labute approximate surface area is 159 Å². The minimum absolute atomic E-state index is 0.353. The van der Waals surface area contributed by atoms with E-state index in [1.807, 2.05) is 26.0 Å². The number of nitrogens with one attached hydrogen (secondary N) is 2. The Hall–Kier alpha value is -3.09. The summed E-state index contributed by atoms with van der Waals surface area (Å²) in [7, 11) is 4.56. The average molecular weight is 374 g/mol. The SMILES string of the molecule is COc1cc(NC(=O)NCCOc2cc(C)cc(C)c2)cc(OC)c1OC. The number of hydrogen-bond acceptors (Lipinski definition) is 5. The van der Waals surface area contributed by atoms with E-state index >= 15 is 0 Å². The molecule has 2 amide bonds. The van der Waals surface area contributed by atoms with E-state index in [9.17, 15) is 4.79 Å². The molecule has 0 aliphatic rings. The Kier molecular flexibility index (Phi) is 7.16. The van der Waals surface area contributed by atoms with Gasteiger partial charge in [-0.2, -0.15) is 0 Å². The molecule has 7 heteroatoms. The van der Waals surface area contributed by atoms with E-state index < -0.39 is 0 Å². The minimum atomic E-state index is -0.353. The maximum atomic E-state index is 12.1. The van der Waals surface area contributed by atoms with Gasteiger partial charge in [0, 0.05) is 12.1 Å². The summed E-state index contributed by atoms with van der Waals surface area (Å²) in [5, 5.41) is 5.48. The summed E-state index contributed by atoms with van der Waals surface area (Å²) in [4.78, 5) is 12.1. The maximum Gasteiger partial charge on any atom is 0.319 e. The fourth-order valence-electron chi connectivity index (χ4n) is 2.68. The van der Waals surface area contributed by atoms with Gasteiger partial charge in [0.2, 0.25) is 5.75 Å². The summed E-state index contributed by atoms with van der Waals surface area (Å²) in [6.07, 6.45) is 0. The summed E-state index contributed by atoms with van der Waals surface area (Å²) in [6.45, 7) is 4.76. The third-order valence-corrected chi connectivity index (χ3v) is 3.77. The van der Waals surface area contributed by atoms with Crippen molar-refractivity contribution in [3.8, 4) is 23.0 Å². The van der Waals surface area contributed by atoms with Crippen LogP contribution in [0.15, 0.2) is 30.3 Å². The third-order valence-electron chi connectivity index (χ3n) is 3.77. The number of aryl methyl sites for hydroxylation is 2. The lowest BCUT2D eigenvalue weighted by Gasteiger charge is -2.15. The summed E-state index contributed by atoms with van der Waals surface area (Å²) in [5.41, 5.74) is 2.80. The molecule has 0 saturated carbocycles. The first kappa shape index (κ1) is 20.2. The van der Waals surface area contributed by atoms with E-state index in [-0.39, 0.29) is 6.03 Å². The molecular formula is C20H26N2O5. The number of carbonyl (C=O) groups excluding carboxylic acids is 1. The molecule has 0 heterocycles. The monoisotopic (exact) mass is 374 g/mol.